The van der Waals surface area contributed by atoms with Crippen LogP contribution < -0.4 is 25.2 Å². The Morgan fingerprint density at radius 3 is 2.89 bits per heavy atom. The lowest BCUT2D eigenvalue weighted by molar-refractivity contribution is -0.111. The summed E-state index contributed by atoms with van der Waals surface area (Å²) in [5, 5.41) is 9.21. The van der Waals surface area contributed by atoms with Gasteiger partial charge >= 0.3 is 0 Å². The van der Waals surface area contributed by atoms with Gasteiger partial charge in [-0.1, -0.05) is 6.58 Å². The number of rotatable bonds is 7. The molecule has 0 saturated heterocycles. The standard InChI is InChI=1S/C26H27N7O2S/c1-5-23(34)28-18-13-19(21(35-4)14-20(18)32(2)3)29-26-30-24-17(7-6-10-27-24)25(31-26)33-11-8-22-16(15-33)9-12-36-22/h5-7,9-10,12-14H,1,8,11,15H2,2-4H3,(H,28,34)(H,27,29,30,31). The molecule has 0 unspecified atom stereocenters. The Morgan fingerprint density at radius 1 is 1.25 bits per heavy atom. The first-order valence-corrected chi connectivity index (χ1v) is 12.4. The fourth-order valence-electron chi connectivity index (χ4n) is 4.28. The van der Waals surface area contributed by atoms with Gasteiger partial charge in [-0.2, -0.15) is 9.97 Å². The van der Waals surface area contributed by atoms with Gasteiger partial charge in [0, 0.05) is 44.3 Å². The van der Waals surface area contributed by atoms with Gasteiger partial charge in [0.05, 0.1) is 29.6 Å². The van der Waals surface area contributed by atoms with Gasteiger partial charge in [-0.3, -0.25) is 4.79 Å². The molecule has 0 spiro atoms. The Hall–Kier alpha value is -4.18. The lowest BCUT2D eigenvalue weighted by Crippen LogP contribution is -2.30. The van der Waals surface area contributed by atoms with E-state index >= 15 is 0 Å². The second kappa shape index (κ2) is 9.82. The first-order chi connectivity index (χ1) is 17.5. The number of anilines is 5. The third kappa shape index (κ3) is 4.55. The highest BCUT2D eigenvalue weighted by Crippen LogP contribution is 2.38. The summed E-state index contributed by atoms with van der Waals surface area (Å²) in [5.74, 6) is 1.50. The third-order valence-electron chi connectivity index (χ3n) is 6.05. The van der Waals surface area contributed by atoms with Crippen LogP contribution in [0.3, 0.4) is 0 Å². The molecule has 36 heavy (non-hydrogen) atoms. The molecular formula is C26H27N7O2S. The van der Waals surface area contributed by atoms with Crippen LogP contribution in [0.15, 0.2) is 54.6 Å². The van der Waals surface area contributed by atoms with E-state index in [1.165, 1.54) is 16.5 Å². The zero-order valence-corrected chi connectivity index (χ0v) is 21.2. The van der Waals surface area contributed by atoms with E-state index in [2.05, 4.69) is 43.5 Å². The van der Waals surface area contributed by atoms with Crippen LogP contribution in [0, 0.1) is 0 Å². The molecule has 1 aliphatic rings. The second-order valence-corrected chi connectivity index (χ2v) is 9.57. The Labute approximate surface area is 213 Å². The fourth-order valence-corrected chi connectivity index (χ4v) is 5.17. The summed E-state index contributed by atoms with van der Waals surface area (Å²) in [6.07, 6.45) is 3.94. The number of fused-ring (bicyclic) bond motifs is 2. The number of hydrogen-bond donors (Lipinski definition) is 2. The van der Waals surface area contributed by atoms with Crippen molar-refractivity contribution in [3.63, 3.8) is 0 Å². The molecule has 184 valence electrons. The van der Waals surface area contributed by atoms with Gasteiger partial charge in [0.15, 0.2) is 5.65 Å². The summed E-state index contributed by atoms with van der Waals surface area (Å²) in [6, 6.07) is 9.74. The number of methoxy groups -OCH3 is 1. The van der Waals surface area contributed by atoms with Crippen molar-refractivity contribution in [3.8, 4) is 5.75 Å². The van der Waals surface area contributed by atoms with Gasteiger partial charge in [0.25, 0.3) is 0 Å². The highest BCUT2D eigenvalue weighted by Gasteiger charge is 2.22. The topological polar surface area (TPSA) is 95.5 Å². The summed E-state index contributed by atoms with van der Waals surface area (Å²) < 4.78 is 5.66. The van der Waals surface area contributed by atoms with Crippen molar-refractivity contribution >= 4 is 57.1 Å². The van der Waals surface area contributed by atoms with Gasteiger partial charge in [-0.15, -0.1) is 11.3 Å². The summed E-state index contributed by atoms with van der Waals surface area (Å²) in [7, 11) is 5.39. The fraction of sp³-hybridized carbons (Fsp3) is 0.231. The van der Waals surface area contributed by atoms with Gasteiger partial charge in [-0.25, -0.2) is 4.98 Å². The van der Waals surface area contributed by atoms with Gasteiger partial charge in [0.2, 0.25) is 11.9 Å². The molecule has 5 rings (SSSR count). The Balaban J connectivity index is 1.56. The number of aromatic nitrogens is 3. The molecule has 0 radical (unpaired) electrons. The number of thiophene rings is 1. The van der Waals surface area contributed by atoms with E-state index in [1.807, 2.05) is 48.5 Å². The van der Waals surface area contributed by atoms with Crippen molar-refractivity contribution in [2.45, 2.75) is 13.0 Å². The van der Waals surface area contributed by atoms with E-state index in [0.717, 1.165) is 36.4 Å². The normalized spacial score (nSPS) is 12.7. The number of carbonyl (C=O) groups is 1. The highest BCUT2D eigenvalue weighted by molar-refractivity contribution is 7.10. The molecule has 4 aromatic rings. The monoisotopic (exact) mass is 501 g/mol. The quantitative estimate of drug-likeness (QED) is 0.355. The summed E-state index contributed by atoms with van der Waals surface area (Å²) >= 11 is 1.81. The second-order valence-electron chi connectivity index (χ2n) is 8.57. The van der Waals surface area contributed by atoms with Crippen molar-refractivity contribution in [1.29, 1.82) is 0 Å². The minimum Gasteiger partial charge on any atom is -0.494 e. The number of ether oxygens (including phenoxy) is 1. The lowest BCUT2D eigenvalue weighted by Gasteiger charge is -2.29. The van der Waals surface area contributed by atoms with E-state index in [0.29, 0.717) is 28.7 Å². The van der Waals surface area contributed by atoms with Crippen molar-refractivity contribution in [3.05, 3.63) is 65.0 Å². The molecule has 1 amide bonds. The predicted molar refractivity (Wildman–Crippen MR) is 146 cm³/mol. The SMILES string of the molecule is C=CC(=O)Nc1cc(Nc2nc(N3CCc4sccc4C3)c3cccnc3n2)c(OC)cc1N(C)C. The number of nitrogens with one attached hydrogen (secondary N) is 2. The van der Waals surface area contributed by atoms with E-state index < -0.39 is 0 Å². The molecule has 3 aromatic heterocycles. The molecule has 4 heterocycles. The average Bonchev–Trinajstić information content (AvgIpc) is 3.36. The lowest BCUT2D eigenvalue weighted by atomic mass is 10.1. The van der Waals surface area contributed by atoms with Crippen molar-refractivity contribution < 1.29 is 9.53 Å². The molecular weight excluding hydrogens is 474 g/mol. The van der Waals surface area contributed by atoms with Gasteiger partial charge < -0.3 is 25.2 Å². The molecule has 1 aliphatic heterocycles. The largest absolute Gasteiger partial charge is 0.494 e. The zero-order chi connectivity index (χ0) is 25.2. The number of nitrogens with zero attached hydrogens (tertiary/aromatic N) is 5. The highest BCUT2D eigenvalue weighted by atomic mass is 32.1. The van der Waals surface area contributed by atoms with Crippen molar-refractivity contribution in [1.82, 2.24) is 15.0 Å². The number of hydrogen-bond acceptors (Lipinski definition) is 9. The van der Waals surface area contributed by atoms with Crippen LogP contribution in [0.5, 0.6) is 5.75 Å². The van der Waals surface area contributed by atoms with Crippen LogP contribution in [0.4, 0.5) is 28.8 Å². The minimum atomic E-state index is -0.305. The van der Waals surface area contributed by atoms with Crippen LogP contribution in [0.2, 0.25) is 0 Å². The summed E-state index contributed by atoms with van der Waals surface area (Å²) in [5.41, 5.74) is 3.94. The number of carbonyl (C=O) groups excluding carboxylic acids is 1. The van der Waals surface area contributed by atoms with Crippen LogP contribution in [0.1, 0.15) is 10.4 Å². The van der Waals surface area contributed by atoms with Crippen LogP contribution in [-0.4, -0.2) is 48.6 Å². The van der Waals surface area contributed by atoms with E-state index in [4.69, 9.17) is 9.72 Å². The molecule has 0 atom stereocenters. The Morgan fingerprint density at radius 2 is 2.11 bits per heavy atom. The maximum atomic E-state index is 12.1. The first kappa shape index (κ1) is 23.6. The number of amides is 1. The third-order valence-corrected chi connectivity index (χ3v) is 7.07. The molecule has 1 aromatic carbocycles. The van der Waals surface area contributed by atoms with E-state index in [9.17, 15) is 4.79 Å². The van der Waals surface area contributed by atoms with Gasteiger partial charge in [0.1, 0.15) is 11.6 Å². The smallest absolute Gasteiger partial charge is 0.247 e. The molecule has 0 saturated carbocycles. The maximum absolute atomic E-state index is 12.1. The van der Waals surface area contributed by atoms with Crippen LogP contribution in [-0.2, 0) is 17.8 Å². The molecule has 10 heteroatoms. The van der Waals surface area contributed by atoms with Crippen LogP contribution >= 0.6 is 11.3 Å². The first-order valence-electron chi connectivity index (χ1n) is 11.5. The minimum absolute atomic E-state index is 0.305. The summed E-state index contributed by atoms with van der Waals surface area (Å²) in [4.78, 5) is 31.8. The number of benzene rings is 1. The molecule has 9 nitrogen and oxygen atoms in total. The number of pyridine rings is 1. The van der Waals surface area contributed by atoms with E-state index in [1.54, 1.807) is 19.4 Å². The maximum Gasteiger partial charge on any atom is 0.247 e. The van der Waals surface area contributed by atoms with Crippen LogP contribution in [0.25, 0.3) is 11.0 Å². The molecule has 2 N–H and O–H groups in total. The van der Waals surface area contributed by atoms with Crippen molar-refractivity contribution in [2.24, 2.45) is 0 Å². The molecule has 0 aliphatic carbocycles. The Kier molecular flexibility index (Phi) is 6.43. The zero-order valence-electron chi connectivity index (χ0n) is 20.4. The van der Waals surface area contributed by atoms with Crippen molar-refractivity contribution in [2.75, 3.05) is 48.2 Å². The molecule has 0 bridgehead atoms. The summed E-state index contributed by atoms with van der Waals surface area (Å²) in [6.45, 7) is 5.21. The van der Waals surface area contributed by atoms with Gasteiger partial charge in [-0.05, 0) is 47.7 Å². The Bertz CT molecular complexity index is 1450. The average molecular weight is 502 g/mol. The predicted octanol–water partition coefficient (Wildman–Crippen LogP) is 4.59. The molecule has 0 fully saturated rings. The van der Waals surface area contributed by atoms with E-state index in [-0.39, 0.29) is 5.91 Å².